The molecular formula is C16H17ClFN. The molecule has 2 aromatic carbocycles. The molecule has 100 valence electrons. The minimum atomic E-state index is -0.209. The molecular weight excluding hydrogens is 261 g/mol. The molecule has 0 bridgehead atoms. The molecule has 1 unspecified atom stereocenters. The van der Waals surface area contributed by atoms with E-state index in [1.54, 1.807) is 12.1 Å². The second-order valence-electron chi connectivity index (χ2n) is 4.72. The summed E-state index contributed by atoms with van der Waals surface area (Å²) in [5.41, 5.74) is 2.21. The van der Waals surface area contributed by atoms with Gasteiger partial charge >= 0.3 is 0 Å². The van der Waals surface area contributed by atoms with E-state index in [0.717, 1.165) is 16.1 Å². The van der Waals surface area contributed by atoms with Crippen LogP contribution in [0.3, 0.4) is 0 Å². The van der Waals surface area contributed by atoms with Crippen molar-refractivity contribution < 1.29 is 4.39 Å². The van der Waals surface area contributed by atoms with Crippen molar-refractivity contribution >= 4 is 11.6 Å². The Balaban J connectivity index is 2.06. The van der Waals surface area contributed by atoms with Crippen molar-refractivity contribution in [3.8, 4) is 0 Å². The van der Waals surface area contributed by atoms with Gasteiger partial charge in [-0.05, 0) is 49.2 Å². The molecule has 3 heteroatoms. The van der Waals surface area contributed by atoms with Gasteiger partial charge in [-0.15, -0.1) is 0 Å². The molecule has 0 radical (unpaired) electrons. The maximum atomic E-state index is 12.9. The lowest BCUT2D eigenvalue weighted by Crippen LogP contribution is -2.22. The highest BCUT2D eigenvalue weighted by atomic mass is 35.5. The summed E-state index contributed by atoms with van der Waals surface area (Å²) in [5.74, 6) is -0.209. The SMILES string of the molecule is CC(N[C@@H](C)c1cccc(Cl)c1)c1ccc(F)cc1. The van der Waals surface area contributed by atoms with E-state index in [9.17, 15) is 4.39 Å². The van der Waals surface area contributed by atoms with E-state index in [1.165, 1.54) is 12.1 Å². The van der Waals surface area contributed by atoms with Gasteiger partial charge in [0.1, 0.15) is 5.82 Å². The van der Waals surface area contributed by atoms with Gasteiger partial charge in [0.25, 0.3) is 0 Å². The van der Waals surface area contributed by atoms with Gasteiger partial charge in [-0.2, -0.15) is 0 Å². The van der Waals surface area contributed by atoms with Crippen LogP contribution in [0.1, 0.15) is 37.1 Å². The molecule has 0 saturated carbocycles. The molecule has 0 aliphatic heterocycles. The largest absolute Gasteiger partial charge is 0.304 e. The Labute approximate surface area is 118 Å². The van der Waals surface area contributed by atoms with E-state index in [2.05, 4.69) is 19.2 Å². The second kappa shape index (κ2) is 6.18. The Kier molecular flexibility index (Phi) is 4.56. The Bertz CT molecular complexity index is 539. The van der Waals surface area contributed by atoms with Gasteiger partial charge in [-0.3, -0.25) is 0 Å². The number of hydrogen-bond donors (Lipinski definition) is 1. The number of benzene rings is 2. The first-order valence-electron chi connectivity index (χ1n) is 6.33. The fraction of sp³-hybridized carbons (Fsp3) is 0.250. The van der Waals surface area contributed by atoms with Crippen LogP contribution in [0.15, 0.2) is 48.5 Å². The highest BCUT2D eigenvalue weighted by molar-refractivity contribution is 6.30. The minimum Gasteiger partial charge on any atom is -0.304 e. The summed E-state index contributed by atoms with van der Waals surface area (Å²) in [5, 5.41) is 4.21. The van der Waals surface area contributed by atoms with Crippen LogP contribution in [0.2, 0.25) is 5.02 Å². The fourth-order valence-electron chi connectivity index (χ4n) is 2.09. The summed E-state index contributed by atoms with van der Waals surface area (Å²) in [6.45, 7) is 4.15. The van der Waals surface area contributed by atoms with Crippen molar-refractivity contribution in [2.75, 3.05) is 0 Å². The van der Waals surface area contributed by atoms with Crippen molar-refractivity contribution in [3.63, 3.8) is 0 Å². The smallest absolute Gasteiger partial charge is 0.123 e. The summed E-state index contributed by atoms with van der Waals surface area (Å²) in [6, 6.07) is 14.7. The van der Waals surface area contributed by atoms with Crippen molar-refractivity contribution in [2.24, 2.45) is 0 Å². The molecule has 0 aromatic heterocycles. The van der Waals surface area contributed by atoms with Crippen LogP contribution in [-0.2, 0) is 0 Å². The second-order valence-corrected chi connectivity index (χ2v) is 5.15. The molecule has 0 spiro atoms. The predicted molar refractivity (Wildman–Crippen MR) is 77.8 cm³/mol. The van der Waals surface area contributed by atoms with Gasteiger partial charge in [0.05, 0.1) is 0 Å². The maximum absolute atomic E-state index is 12.9. The topological polar surface area (TPSA) is 12.0 Å². The van der Waals surface area contributed by atoms with Crippen molar-refractivity contribution in [3.05, 3.63) is 70.5 Å². The summed E-state index contributed by atoms with van der Waals surface area (Å²) in [7, 11) is 0. The zero-order chi connectivity index (χ0) is 13.8. The Hall–Kier alpha value is -1.38. The number of nitrogens with one attached hydrogen (secondary N) is 1. The van der Waals surface area contributed by atoms with E-state index in [0.29, 0.717) is 0 Å². The molecule has 19 heavy (non-hydrogen) atoms. The first-order chi connectivity index (χ1) is 9.06. The van der Waals surface area contributed by atoms with Gasteiger partial charge in [-0.25, -0.2) is 4.39 Å². The average Bonchev–Trinajstić information content (AvgIpc) is 2.39. The normalized spacial score (nSPS) is 14.1. The van der Waals surface area contributed by atoms with E-state index >= 15 is 0 Å². The van der Waals surface area contributed by atoms with Crippen LogP contribution in [-0.4, -0.2) is 0 Å². The average molecular weight is 278 g/mol. The quantitative estimate of drug-likeness (QED) is 0.839. The van der Waals surface area contributed by atoms with Crippen LogP contribution in [0.25, 0.3) is 0 Å². The van der Waals surface area contributed by atoms with E-state index in [4.69, 9.17) is 11.6 Å². The molecule has 1 N–H and O–H groups in total. The maximum Gasteiger partial charge on any atom is 0.123 e. The molecule has 0 fully saturated rings. The van der Waals surface area contributed by atoms with Crippen molar-refractivity contribution in [1.82, 2.24) is 5.32 Å². The lowest BCUT2D eigenvalue weighted by molar-refractivity contribution is 0.494. The van der Waals surface area contributed by atoms with Crippen molar-refractivity contribution in [2.45, 2.75) is 25.9 Å². The first kappa shape index (κ1) is 14.0. The van der Waals surface area contributed by atoms with Crippen LogP contribution < -0.4 is 5.32 Å². The Morgan fingerprint density at radius 1 is 0.947 bits per heavy atom. The molecule has 1 nitrogen and oxygen atoms in total. The molecule has 2 rings (SSSR count). The zero-order valence-electron chi connectivity index (χ0n) is 11.0. The highest BCUT2D eigenvalue weighted by Crippen LogP contribution is 2.21. The molecule has 2 atom stereocenters. The molecule has 0 aliphatic rings. The van der Waals surface area contributed by atoms with Gasteiger partial charge in [0.2, 0.25) is 0 Å². The third kappa shape index (κ3) is 3.79. The third-order valence-electron chi connectivity index (χ3n) is 3.22. The summed E-state index contributed by atoms with van der Waals surface area (Å²) >= 11 is 5.99. The van der Waals surface area contributed by atoms with Gasteiger partial charge < -0.3 is 5.32 Å². The molecule has 2 aromatic rings. The van der Waals surface area contributed by atoms with E-state index in [-0.39, 0.29) is 17.9 Å². The summed E-state index contributed by atoms with van der Waals surface area (Å²) in [4.78, 5) is 0. The molecule has 0 aliphatic carbocycles. The van der Waals surface area contributed by atoms with E-state index < -0.39 is 0 Å². The third-order valence-corrected chi connectivity index (χ3v) is 3.45. The minimum absolute atomic E-state index is 0.148. The molecule has 0 heterocycles. The monoisotopic (exact) mass is 277 g/mol. The lowest BCUT2D eigenvalue weighted by atomic mass is 10.0. The van der Waals surface area contributed by atoms with Crippen molar-refractivity contribution in [1.29, 1.82) is 0 Å². The summed E-state index contributed by atoms with van der Waals surface area (Å²) < 4.78 is 12.9. The van der Waals surface area contributed by atoms with E-state index in [1.807, 2.05) is 24.3 Å². The lowest BCUT2D eigenvalue weighted by Gasteiger charge is -2.21. The highest BCUT2D eigenvalue weighted by Gasteiger charge is 2.11. The number of halogens is 2. The number of hydrogen-bond acceptors (Lipinski definition) is 1. The fourth-order valence-corrected chi connectivity index (χ4v) is 2.29. The van der Waals surface area contributed by atoms with Crippen LogP contribution >= 0.6 is 11.6 Å². The summed E-state index contributed by atoms with van der Waals surface area (Å²) in [6.07, 6.45) is 0. The zero-order valence-corrected chi connectivity index (χ0v) is 11.8. The number of rotatable bonds is 4. The standard InChI is InChI=1S/C16H17ClFN/c1-11(13-6-8-16(18)9-7-13)19-12(2)14-4-3-5-15(17)10-14/h3-12,19H,1-2H3/t11?,12-/m0/s1. The van der Waals surface area contributed by atoms with Gasteiger partial charge in [0.15, 0.2) is 0 Å². The molecule has 0 amide bonds. The molecule has 0 saturated heterocycles. The first-order valence-corrected chi connectivity index (χ1v) is 6.71. The predicted octanol–water partition coefficient (Wildman–Crippen LogP) is 4.89. The van der Waals surface area contributed by atoms with Gasteiger partial charge in [-0.1, -0.05) is 35.9 Å². The van der Waals surface area contributed by atoms with Crippen LogP contribution in [0.4, 0.5) is 4.39 Å². The van der Waals surface area contributed by atoms with Gasteiger partial charge in [0, 0.05) is 17.1 Å². The Morgan fingerprint density at radius 2 is 1.58 bits per heavy atom. The van der Waals surface area contributed by atoms with Crippen LogP contribution in [0.5, 0.6) is 0 Å². The Morgan fingerprint density at radius 3 is 2.21 bits per heavy atom. The van der Waals surface area contributed by atoms with Crippen LogP contribution in [0, 0.1) is 5.82 Å².